The summed E-state index contributed by atoms with van der Waals surface area (Å²) in [5, 5.41) is 21.4. The average molecular weight is 213 g/mol. The van der Waals surface area contributed by atoms with Crippen LogP contribution in [0, 0.1) is 35.0 Å². The summed E-state index contributed by atoms with van der Waals surface area (Å²) < 4.78 is 0. The van der Waals surface area contributed by atoms with E-state index < -0.39 is 5.60 Å². The van der Waals surface area contributed by atoms with Crippen molar-refractivity contribution in [2.45, 2.75) is 44.1 Å². The molecule has 0 amide bonds. The van der Waals surface area contributed by atoms with Crippen LogP contribution >= 0.6 is 0 Å². The van der Waals surface area contributed by atoms with Crippen LogP contribution in [0.3, 0.4) is 0 Å². The predicted molar refractivity (Wildman–Crippen MR) is 50.0 cm³/mol. The first-order chi connectivity index (χ1) is 6.72. The van der Waals surface area contributed by atoms with Crippen LogP contribution in [-0.2, 0) is 0 Å². The summed E-state index contributed by atoms with van der Waals surface area (Å²) >= 11 is 0. The van der Waals surface area contributed by atoms with Crippen LogP contribution in [0.25, 0.3) is 0 Å². The van der Waals surface area contributed by atoms with Crippen LogP contribution in [0.2, 0.25) is 0 Å². The number of hydrogen-bond donors (Lipinski definition) is 0. The van der Waals surface area contributed by atoms with E-state index in [0.717, 1.165) is 37.5 Å². The molecule has 0 N–H and O–H groups in total. The summed E-state index contributed by atoms with van der Waals surface area (Å²) in [6, 6.07) is 2.12. The molecular formula is C12H16NNaO. The van der Waals surface area contributed by atoms with E-state index in [-0.39, 0.29) is 36.0 Å². The molecule has 0 unspecified atom stereocenters. The summed E-state index contributed by atoms with van der Waals surface area (Å²) in [7, 11) is 0. The summed E-state index contributed by atoms with van der Waals surface area (Å²) in [5.74, 6) is 2.33. The number of nitrogens with zero attached hydrogens (tertiary/aromatic N) is 1. The van der Waals surface area contributed by atoms with Crippen molar-refractivity contribution in [1.29, 1.82) is 5.26 Å². The molecule has 15 heavy (non-hydrogen) atoms. The smallest absolute Gasteiger partial charge is 0.848 e. The van der Waals surface area contributed by atoms with Gasteiger partial charge in [0.1, 0.15) is 0 Å². The van der Waals surface area contributed by atoms with E-state index >= 15 is 0 Å². The largest absolute Gasteiger partial charge is 1.00 e. The van der Waals surface area contributed by atoms with Gasteiger partial charge < -0.3 is 5.11 Å². The Morgan fingerprint density at radius 3 is 1.93 bits per heavy atom. The van der Waals surface area contributed by atoms with Gasteiger partial charge in [0.2, 0.25) is 0 Å². The second kappa shape index (κ2) is 4.04. The molecule has 0 spiro atoms. The van der Waals surface area contributed by atoms with Crippen LogP contribution < -0.4 is 34.7 Å². The van der Waals surface area contributed by atoms with E-state index in [2.05, 4.69) is 6.07 Å². The Hall–Kier alpha value is 0.450. The average Bonchev–Trinajstić information content (AvgIpc) is 2.14. The van der Waals surface area contributed by atoms with E-state index in [0.29, 0.717) is 11.8 Å². The molecule has 4 aliphatic carbocycles. The molecule has 4 bridgehead atoms. The molecule has 2 nitrogen and oxygen atoms in total. The Morgan fingerprint density at radius 1 is 1.07 bits per heavy atom. The molecule has 4 fully saturated rings. The van der Waals surface area contributed by atoms with Crippen LogP contribution in [0.4, 0.5) is 0 Å². The molecule has 4 aliphatic rings. The first-order valence-electron chi connectivity index (χ1n) is 5.79. The molecule has 76 valence electrons. The van der Waals surface area contributed by atoms with Crippen molar-refractivity contribution in [1.82, 2.24) is 0 Å². The van der Waals surface area contributed by atoms with Gasteiger partial charge in [-0.15, -0.1) is 0 Å². The second-order valence-electron chi connectivity index (χ2n) is 5.59. The molecule has 0 atom stereocenters. The van der Waals surface area contributed by atoms with Gasteiger partial charge in [0.15, 0.2) is 0 Å². The third kappa shape index (κ3) is 1.69. The maximum atomic E-state index is 12.6. The van der Waals surface area contributed by atoms with Gasteiger partial charge in [-0.05, 0) is 55.8 Å². The fourth-order valence-electron chi connectivity index (χ4n) is 4.39. The van der Waals surface area contributed by atoms with E-state index in [1.54, 1.807) is 0 Å². The number of hydrogen-bond acceptors (Lipinski definition) is 2. The van der Waals surface area contributed by atoms with Gasteiger partial charge in [0.05, 0.1) is 6.07 Å². The quantitative estimate of drug-likeness (QED) is 0.496. The minimum Gasteiger partial charge on any atom is -0.848 e. The Labute approximate surface area is 113 Å². The normalized spacial score (nSPS) is 50.9. The van der Waals surface area contributed by atoms with E-state index in [1.165, 1.54) is 6.42 Å². The Balaban J connectivity index is 0.000000853. The third-order valence-electron chi connectivity index (χ3n) is 4.88. The van der Waals surface area contributed by atoms with Crippen LogP contribution in [-0.4, -0.2) is 5.60 Å². The van der Waals surface area contributed by atoms with Gasteiger partial charge in [0.25, 0.3) is 0 Å². The molecule has 4 saturated carbocycles. The fraction of sp³-hybridized carbons (Fsp3) is 0.917. The standard InChI is InChI=1S/C12H16NO.Na/c13-2-1-12(14)10-4-8-3-9(6-10)7-11(12)5-8;/h8-11H,1,3-7H2;/q-1;+1. The molecule has 3 heteroatoms. The van der Waals surface area contributed by atoms with Gasteiger partial charge in [-0.1, -0.05) is 5.60 Å². The van der Waals surface area contributed by atoms with Crippen molar-refractivity contribution in [3.8, 4) is 6.07 Å². The molecule has 0 aliphatic heterocycles. The van der Waals surface area contributed by atoms with Crippen LogP contribution in [0.15, 0.2) is 0 Å². The number of rotatable bonds is 1. The van der Waals surface area contributed by atoms with E-state index in [4.69, 9.17) is 5.26 Å². The zero-order valence-electron chi connectivity index (χ0n) is 9.41. The van der Waals surface area contributed by atoms with Crippen molar-refractivity contribution >= 4 is 0 Å². The van der Waals surface area contributed by atoms with Gasteiger partial charge in [-0.2, -0.15) is 5.26 Å². The van der Waals surface area contributed by atoms with Crippen molar-refractivity contribution in [3.63, 3.8) is 0 Å². The zero-order chi connectivity index (χ0) is 9.76. The monoisotopic (exact) mass is 213 g/mol. The second-order valence-corrected chi connectivity index (χ2v) is 5.59. The predicted octanol–water partition coefficient (Wildman–Crippen LogP) is -1.54. The minimum absolute atomic E-state index is 0. The molecule has 0 heterocycles. The van der Waals surface area contributed by atoms with Crippen molar-refractivity contribution in [3.05, 3.63) is 0 Å². The SMILES string of the molecule is N#CCC1([O-])C2CC3CC(C2)CC1C3.[Na+]. The molecule has 0 radical (unpaired) electrons. The van der Waals surface area contributed by atoms with Crippen LogP contribution in [0.1, 0.15) is 38.5 Å². The molecular weight excluding hydrogens is 197 g/mol. The van der Waals surface area contributed by atoms with Crippen molar-refractivity contribution < 1.29 is 34.7 Å². The van der Waals surface area contributed by atoms with Crippen molar-refractivity contribution in [2.24, 2.45) is 23.7 Å². The molecule has 0 aromatic heterocycles. The Kier molecular flexibility index (Phi) is 3.21. The molecule has 0 aromatic rings. The summed E-state index contributed by atoms with van der Waals surface area (Å²) in [5.41, 5.74) is -0.859. The molecule has 0 aromatic carbocycles. The minimum atomic E-state index is -0.859. The summed E-state index contributed by atoms with van der Waals surface area (Å²) in [4.78, 5) is 0. The van der Waals surface area contributed by atoms with Gasteiger partial charge in [0, 0.05) is 6.42 Å². The summed E-state index contributed by atoms with van der Waals surface area (Å²) in [6.45, 7) is 0. The Bertz CT molecular complexity index is 268. The third-order valence-corrected chi connectivity index (χ3v) is 4.88. The fourth-order valence-corrected chi connectivity index (χ4v) is 4.39. The first-order valence-corrected chi connectivity index (χ1v) is 5.79. The Morgan fingerprint density at radius 2 is 1.53 bits per heavy atom. The van der Waals surface area contributed by atoms with Crippen LogP contribution in [0.5, 0.6) is 0 Å². The molecule has 0 saturated heterocycles. The first kappa shape index (κ1) is 11.9. The van der Waals surface area contributed by atoms with Gasteiger partial charge in [-0.25, -0.2) is 0 Å². The molecule has 4 rings (SSSR count). The number of nitriles is 1. The summed E-state index contributed by atoms with van der Waals surface area (Å²) in [6.07, 6.45) is 6.12. The topological polar surface area (TPSA) is 46.8 Å². The maximum Gasteiger partial charge on any atom is 1.00 e. The zero-order valence-corrected chi connectivity index (χ0v) is 11.4. The van der Waals surface area contributed by atoms with Gasteiger partial charge >= 0.3 is 29.6 Å². The van der Waals surface area contributed by atoms with E-state index in [1.807, 2.05) is 0 Å². The van der Waals surface area contributed by atoms with E-state index in [9.17, 15) is 5.11 Å². The maximum absolute atomic E-state index is 12.6. The van der Waals surface area contributed by atoms with Crippen molar-refractivity contribution in [2.75, 3.05) is 0 Å². The van der Waals surface area contributed by atoms with Gasteiger partial charge in [-0.3, -0.25) is 0 Å².